The Kier molecular flexibility index (Phi) is 3.20. The van der Waals surface area contributed by atoms with E-state index in [4.69, 9.17) is 4.74 Å². The Morgan fingerprint density at radius 3 is 2.95 bits per heavy atom. The van der Waals surface area contributed by atoms with Gasteiger partial charge in [-0.3, -0.25) is 4.98 Å². The number of hydrogen-bond donors (Lipinski definition) is 1. The van der Waals surface area contributed by atoms with Gasteiger partial charge in [0.2, 0.25) is 0 Å². The quantitative estimate of drug-likeness (QED) is 0.915. The van der Waals surface area contributed by atoms with E-state index in [9.17, 15) is 5.11 Å². The van der Waals surface area contributed by atoms with Gasteiger partial charge in [0, 0.05) is 18.2 Å². The van der Waals surface area contributed by atoms with Gasteiger partial charge >= 0.3 is 0 Å². The Balaban J connectivity index is 1.65. The summed E-state index contributed by atoms with van der Waals surface area (Å²) < 4.78 is 5.98. The first-order valence-electron chi connectivity index (χ1n) is 7.93. The molecule has 2 fully saturated rings. The average Bonchev–Trinajstić information content (AvgIpc) is 2.52. The predicted octanol–water partition coefficient (Wildman–Crippen LogP) is 3.62. The molecule has 2 aromatic rings. The summed E-state index contributed by atoms with van der Waals surface area (Å²) in [6.07, 6.45) is 6.90. The van der Waals surface area contributed by atoms with Crippen molar-refractivity contribution in [2.45, 2.75) is 43.8 Å². The van der Waals surface area contributed by atoms with Gasteiger partial charge in [-0.1, -0.05) is 18.2 Å². The monoisotopic (exact) mass is 283 g/mol. The van der Waals surface area contributed by atoms with E-state index in [1.165, 1.54) is 6.42 Å². The van der Waals surface area contributed by atoms with Gasteiger partial charge in [-0.25, -0.2) is 0 Å². The van der Waals surface area contributed by atoms with Crippen LogP contribution in [0.1, 0.15) is 43.8 Å². The van der Waals surface area contributed by atoms with E-state index in [-0.39, 0.29) is 5.60 Å². The number of ether oxygens (including phenoxy) is 1. The van der Waals surface area contributed by atoms with Gasteiger partial charge in [0.25, 0.3) is 0 Å². The number of aromatic nitrogens is 1. The molecule has 1 saturated heterocycles. The summed E-state index contributed by atoms with van der Waals surface area (Å²) >= 11 is 0. The zero-order chi connectivity index (χ0) is 14.3. The molecule has 2 heterocycles. The summed E-state index contributed by atoms with van der Waals surface area (Å²) in [7, 11) is 0. The minimum atomic E-state index is -0.417. The maximum atomic E-state index is 10.9. The van der Waals surface area contributed by atoms with E-state index < -0.39 is 6.10 Å². The molecule has 1 spiro atoms. The van der Waals surface area contributed by atoms with Gasteiger partial charge in [-0.05, 0) is 55.7 Å². The van der Waals surface area contributed by atoms with Gasteiger partial charge in [0.05, 0.1) is 17.2 Å². The Hall–Kier alpha value is -1.45. The Labute approximate surface area is 125 Å². The normalized spacial score (nSPS) is 25.7. The maximum Gasteiger partial charge on any atom is 0.0826 e. The standard InChI is InChI=1S/C18H21NO2/c20-17(13-7-11-21-18(12-13)8-3-9-18)15-4-1-6-16-14(15)5-2-10-19-16/h1-2,4-6,10,13,17,20H,3,7-9,11-12H2. The van der Waals surface area contributed by atoms with Gasteiger partial charge < -0.3 is 9.84 Å². The van der Waals surface area contributed by atoms with Crippen molar-refractivity contribution in [2.24, 2.45) is 5.92 Å². The highest BCUT2D eigenvalue weighted by molar-refractivity contribution is 5.82. The minimum absolute atomic E-state index is 0.0761. The number of benzene rings is 1. The van der Waals surface area contributed by atoms with Crippen LogP contribution < -0.4 is 0 Å². The van der Waals surface area contributed by atoms with Crippen molar-refractivity contribution in [2.75, 3.05) is 6.61 Å². The predicted molar refractivity (Wildman–Crippen MR) is 82.0 cm³/mol. The van der Waals surface area contributed by atoms with Crippen molar-refractivity contribution in [1.29, 1.82) is 0 Å². The number of aliphatic hydroxyl groups is 1. The summed E-state index contributed by atoms with van der Waals surface area (Å²) in [5.74, 6) is 0.296. The molecule has 21 heavy (non-hydrogen) atoms. The second-order valence-electron chi connectivity index (χ2n) is 6.50. The third-order valence-corrected chi connectivity index (χ3v) is 5.24. The number of nitrogens with zero attached hydrogens (tertiary/aromatic N) is 1. The van der Waals surface area contributed by atoms with Gasteiger partial charge in [-0.2, -0.15) is 0 Å². The molecule has 110 valence electrons. The molecule has 1 aliphatic carbocycles. The molecule has 4 rings (SSSR count). The highest BCUT2D eigenvalue weighted by Gasteiger charge is 2.44. The van der Waals surface area contributed by atoms with Gasteiger partial charge in [-0.15, -0.1) is 0 Å². The molecule has 0 amide bonds. The van der Waals surface area contributed by atoms with Crippen molar-refractivity contribution in [3.8, 4) is 0 Å². The Morgan fingerprint density at radius 2 is 2.14 bits per heavy atom. The topological polar surface area (TPSA) is 42.4 Å². The number of hydrogen-bond acceptors (Lipinski definition) is 3. The summed E-state index contributed by atoms with van der Waals surface area (Å²) in [6.45, 7) is 0.782. The van der Waals surface area contributed by atoms with E-state index in [0.717, 1.165) is 48.8 Å². The lowest BCUT2D eigenvalue weighted by Gasteiger charge is -2.48. The lowest BCUT2D eigenvalue weighted by molar-refractivity contribution is -0.157. The van der Waals surface area contributed by atoms with Crippen LogP contribution in [-0.2, 0) is 4.74 Å². The zero-order valence-corrected chi connectivity index (χ0v) is 12.2. The van der Waals surface area contributed by atoms with Gasteiger partial charge in [0.1, 0.15) is 0 Å². The molecule has 1 aromatic carbocycles. The summed E-state index contributed by atoms with van der Waals surface area (Å²) in [5, 5.41) is 12.0. The maximum absolute atomic E-state index is 10.9. The third-order valence-electron chi connectivity index (χ3n) is 5.24. The molecular formula is C18H21NO2. The summed E-state index contributed by atoms with van der Waals surface area (Å²) in [6, 6.07) is 10.0. The van der Waals surface area contributed by atoms with Crippen LogP contribution in [0.2, 0.25) is 0 Å². The van der Waals surface area contributed by atoms with E-state index >= 15 is 0 Å². The Morgan fingerprint density at radius 1 is 1.24 bits per heavy atom. The molecule has 2 aliphatic rings. The Bertz CT molecular complexity index is 645. The van der Waals surface area contributed by atoms with Gasteiger partial charge in [0.15, 0.2) is 0 Å². The molecule has 1 aromatic heterocycles. The van der Waals surface area contributed by atoms with Crippen LogP contribution in [0.15, 0.2) is 36.5 Å². The summed E-state index contributed by atoms with van der Waals surface area (Å²) in [5.41, 5.74) is 2.05. The zero-order valence-electron chi connectivity index (χ0n) is 12.2. The first-order valence-corrected chi connectivity index (χ1v) is 7.93. The number of fused-ring (bicyclic) bond motifs is 1. The van der Waals surface area contributed by atoms with E-state index in [1.54, 1.807) is 6.20 Å². The molecule has 2 unspecified atom stereocenters. The molecule has 1 aliphatic heterocycles. The van der Waals surface area contributed by atoms with Crippen LogP contribution in [-0.4, -0.2) is 22.3 Å². The van der Waals surface area contributed by atoms with Crippen LogP contribution in [0.4, 0.5) is 0 Å². The largest absolute Gasteiger partial charge is 0.388 e. The van der Waals surface area contributed by atoms with E-state index in [0.29, 0.717) is 5.92 Å². The first-order chi connectivity index (χ1) is 10.3. The third kappa shape index (κ3) is 2.25. The van der Waals surface area contributed by atoms with Crippen LogP contribution in [0.3, 0.4) is 0 Å². The molecular weight excluding hydrogens is 262 g/mol. The first kappa shape index (κ1) is 13.2. The van der Waals surface area contributed by atoms with Crippen molar-refractivity contribution < 1.29 is 9.84 Å². The molecule has 3 heteroatoms. The molecule has 1 saturated carbocycles. The lowest BCUT2D eigenvalue weighted by Crippen LogP contribution is -2.46. The number of aliphatic hydroxyl groups excluding tert-OH is 1. The fourth-order valence-electron chi connectivity index (χ4n) is 3.89. The van der Waals surface area contributed by atoms with Crippen LogP contribution >= 0.6 is 0 Å². The van der Waals surface area contributed by atoms with E-state index in [1.807, 2.05) is 24.3 Å². The SMILES string of the molecule is OC(c1cccc2ncccc12)C1CCOC2(CCC2)C1. The van der Waals surface area contributed by atoms with Crippen LogP contribution in [0.25, 0.3) is 10.9 Å². The minimum Gasteiger partial charge on any atom is -0.388 e. The van der Waals surface area contributed by atoms with Crippen molar-refractivity contribution >= 4 is 10.9 Å². The fraction of sp³-hybridized carbons (Fsp3) is 0.500. The van der Waals surface area contributed by atoms with Crippen molar-refractivity contribution in [3.05, 3.63) is 42.1 Å². The lowest BCUT2D eigenvalue weighted by atomic mass is 9.70. The molecule has 0 bridgehead atoms. The van der Waals surface area contributed by atoms with E-state index in [2.05, 4.69) is 11.1 Å². The average molecular weight is 283 g/mol. The van der Waals surface area contributed by atoms with Crippen LogP contribution in [0, 0.1) is 5.92 Å². The summed E-state index contributed by atoms with van der Waals surface area (Å²) in [4.78, 5) is 4.39. The smallest absolute Gasteiger partial charge is 0.0826 e. The number of rotatable bonds is 2. The van der Waals surface area contributed by atoms with Crippen LogP contribution in [0.5, 0.6) is 0 Å². The second kappa shape index (κ2) is 5.08. The number of pyridine rings is 1. The fourth-order valence-corrected chi connectivity index (χ4v) is 3.89. The molecule has 0 radical (unpaired) electrons. The highest BCUT2D eigenvalue weighted by atomic mass is 16.5. The second-order valence-corrected chi connectivity index (χ2v) is 6.50. The molecule has 2 atom stereocenters. The van der Waals surface area contributed by atoms with Crippen molar-refractivity contribution in [1.82, 2.24) is 4.98 Å². The highest BCUT2D eigenvalue weighted by Crippen LogP contribution is 2.47. The molecule has 3 nitrogen and oxygen atoms in total. The molecule has 1 N–H and O–H groups in total. The van der Waals surface area contributed by atoms with Crippen molar-refractivity contribution in [3.63, 3.8) is 0 Å².